The molecule has 2 atom stereocenters. The number of carbonyl (C=O) groups is 2. The van der Waals surface area contributed by atoms with E-state index in [9.17, 15) is 19.5 Å². The van der Waals surface area contributed by atoms with Crippen molar-refractivity contribution in [3.05, 3.63) is 82.0 Å². The molecular weight excluding hydrogens is 594 g/mol. The van der Waals surface area contributed by atoms with Crippen molar-refractivity contribution in [2.24, 2.45) is 0 Å². The van der Waals surface area contributed by atoms with Crippen LogP contribution in [0.5, 0.6) is 0 Å². The number of benzene rings is 1. The maximum atomic E-state index is 14.2. The number of carboxylic acid groups (broad SMARTS) is 1. The molecule has 45 heavy (non-hydrogen) atoms. The Morgan fingerprint density at radius 2 is 1.84 bits per heavy atom. The fourth-order valence-electron chi connectivity index (χ4n) is 5.92. The van der Waals surface area contributed by atoms with Crippen LogP contribution in [0.25, 0.3) is 28.0 Å². The third kappa shape index (κ3) is 5.64. The highest BCUT2D eigenvalue weighted by Crippen LogP contribution is 2.38. The van der Waals surface area contributed by atoms with E-state index in [-0.39, 0.29) is 28.9 Å². The summed E-state index contributed by atoms with van der Waals surface area (Å²) in [4.78, 5) is 57.8. The number of aryl methyl sites for hydroxylation is 1. The van der Waals surface area contributed by atoms with Gasteiger partial charge in [-0.1, -0.05) is 50.2 Å². The molecule has 4 aromatic rings. The van der Waals surface area contributed by atoms with Crippen LogP contribution in [0.4, 0.5) is 16.3 Å². The molecule has 1 saturated heterocycles. The molecule has 1 aliphatic heterocycles. The van der Waals surface area contributed by atoms with Crippen LogP contribution in [0.3, 0.4) is 0 Å². The lowest BCUT2D eigenvalue weighted by atomic mass is 10.0. The quantitative estimate of drug-likeness (QED) is 0.271. The van der Waals surface area contributed by atoms with Gasteiger partial charge in [0.1, 0.15) is 5.82 Å². The summed E-state index contributed by atoms with van der Waals surface area (Å²) in [6.45, 7) is 14.3. The number of hydrogen-bond donors (Lipinski definition) is 1. The van der Waals surface area contributed by atoms with E-state index in [0.29, 0.717) is 58.3 Å². The van der Waals surface area contributed by atoms with Crippen molar-refractivity contribution < 1.29 is 14.7 Å². The van der Waals surface area contributed by atoms with Gasteiger partial charge in [-0.3, -0.25) is 14.7 Å². The first-order chi connectivity index (χ1) is 21.3. The molecule has 1 aromatic carbocycles. The molecule has 3 aromatic heterocycles. The predicted octanol–water partition coefficient (Wildman–Crippen LogP) is 5.65. The zero-order valence-corrected chi connectivity index (χ0v) is 26.9. The number of fused-ring (bicyclic) bond motifs is 1. The zero-order valence-electron chi connectivity index (χ0n) is 26.2. The Hall–Kier alpha value is -4.77. The molecule has 2 amide bonds. The van der Waals surface area contributed by atoms with E-state index in [1.54, 1.807) is 41.4 Å². The molecule has 0 radical (unpaired) electrons. The van der Waals surface area contributed by atoms with Crippen LogP contribution >= 0.6 is 11.6 Å². The van der Waals surface area contributed by atoms with Crippen LogP contribution in [-0.4, -0.2) is 73.7 Å². The number of aromatic nitrogens is 4. The molecule has 0 aliphatic carbocycles. The molecule has 1 fully saturated rings. The van der Waals surface area contributed by atoms with Gasteiger partial charge in [0.05, 0.1) is 33.2 Å². The molecule has 0 spiro atoms. The van der Waals surface area contributed by atoms with Gasteiger partial charge >= 0.3 is 11.8 Å². The Morgan fingerprint density at radius 3 is 2.51 bits per heavy atom. The predicted molar refractivity (Wildman–Crippen MR) is 177 cm³/mol. The number of nitrogens with zero attached hydrogens (tertiary/aromatic N) is 7. The third-order valence-corrected chi connectivity index (χ3v) is 8.54. The van der Waals surface area contributed by atoms with Crippen molar-refractivity contribution in [1.82, 2.24) is 24.4 Å². The molecule has 11 nitrogen and oxygen atoms in total. The molecule has 234 valence electrons. The number of pyridine rings is 2. The van der Waals surface area contributed by atoms with Gasteiger partial charge < -0.3 is 14.9 Å². The summed E-state index contributed by atoms with van der Waals surface area (Å²) in [5, 5.41) is 10.6. The number of hydrogen-bond acceptors (Lipinski definition) is 7. The number of carbonyl (C=O) groups excluding carboxylic acids is 1. The van der Waals surface area contributed by atoms with Crippen LogP contribution in [0.15, 0.2) is 60.0 Å². The highest BCUT2D eigenvalue weighted by molar-refractivity contribution is 6.34. The number of halogens is 1. The normalized spacial score (nSPS) is 16.7. The van der Waals surface area contributed by atoms with Gasteiger partial charge in [0.25, 0.3) is 0 Å². The summed E-state index contributed by atoms with van der Waals surface area (Å²) in [5.74, 6) is 0.227. The molecule has 5 rings (SSSR count). The van der Waals surface area contributed by atoms with E-state index in [1.807, 2.05) is 45.6 Å². The highest BCUT2D eigenvalue weighted by Gasteiger charge is 2.34. The fourth-order valence-corrected chi connectivity index (χ4v) is 6.17. The first kappa shape index (κ1) is 31.6. The van der Waals surface area contributed by atoms with Gasteiger partial charge in [-0.2, -0.15) is 4.98 Å². The Labute approximate surface area is 266 Å². The SMILES string of the molecule is C=CC(=O)N1CC(C)N(c2nc(=O)n(-c3c(C)ccnc3C(C)C)c3nc(-c4ccccc4N(C)C(=O)O)c(Cl)cc23)CC1C. The van der Waals surface area contributed by atoms with Crippen LogP contribution in [0.2, 0.25) is 5.02 Å². The largest absolute Gasteiger partial charge is 0.465 e. The molecule has 0 saturated carbocycles. The monoisotopic (exact) mass is 629 g/mol. The standard InChI is InChI=1S/C33H36ClN7O4/c1-8-26(42)39-16-21(6)40(17-20(39)5)30-23-15-24(34)28(22-11-9-10-12-25(22)38(7)33(44)45)36-31(23)41(32(43)37-30)29-19(4)13-14-35-27(29)18(2)3/h8-15,18,20-21H,1,16-17H2,2-7H3,(H,44,45). The van der Waals surface area contributed by atoms with E-state index in [4.69, 9.17) is 16.6 Å². The summed E-state index contributed by atoms with van der Waals surface area (Å²) in [6, 6.07) is 10.1. The van der Waals surface area contributed by atoms with Crippen LogP contribution in [0.1, 0.15) is 44.9 Å². The topological polar surface area (TPSA) is 125 Å². The summed E-state index contributed by atoms with van der Waals surface area (Å²) >= 11 is 6.97. The number of amides is 2. The van der Waals surface area contributed by atoms with Gasteiger partial charge in [-0.15, -0.1) is 0 Å². The third-order valence-electron chi connectivity index (χ3n) is 8.25. The molecule has 1 N–H and O–H groups in total. The Balaban J connectivity index is 1.84. The van der Waals surface area contributed by atoms with Gasteiger partial charge in [-0.25, -0.2) is 19.1 Å². The first-order valence-electron chi connectivity index (χ1n) is 14.7. The lowest BCUT2D eigenvalue weighted by Crippen LogP contribution is -2.58. The van der Waals surface area contributed by atoms with Crippen LogP contribution in [0, 0.1) is 6.92 Å². The van der Waals surface area contributed by atoms with Crippen molar-refractivity contribution in [2.75, 3.05) is 29.9 Å². The summed E-state index contributed by atoms with van der Waals surface area (Å²) in [5.41, 5.74) is 3.04. The zero-order chi connectivity index (χ0) is 32.7. The second-order valence-electron chi connectivity index (χ2n) is 11.7. The maximum Gasteiger partial charge on any atom is 0.411 e. The molecule has 1 aliphatic rings. The molecule has 0 bridgehead atoms. The Bertz CT molecular complexity index is 1890. The van der Waals surface area contributed by atoms with E-state index < -0.39 is 11.8 Å². The van der Waals surface area contributed by atoms with Gasteiger partial charge in [-0.05, 0) is 56.5 Å². The van der Waals surface area contributed by atoms with Crippen molar-refractivity contribution in [3.8, 4) is 16.9 Å². The minimum atomic E-state index is -1.15. The Kier molecular flexibility index (Phi) is 8.66. The van der Waals surface area contributed by atoms with E-state index in [2.05, 4.69) is 16.5 Å². The fraction of sp³-hybridized carbons (Fsp3) is 0.333. The second kappa shape index (κ2) is 12.3. The summed E-state index contributed by atoms with van der Waals surface area (Å²) in [7, 11) is 1.45. The first-order valence-corrected chi connectivity index (χ1v) is 15.1. The van der Waals surface area contributed by atoms with E-state index in [0.717, 1.165) is 10.5 Å². The molecule has 12 heteroatoms. The molecular formula is C33H36ClN7O4. The lowest BCUT2D eigenvalue weighted by molar-refractivity contribution is -0.128. The maximum absolute atomic E-state index is 14.2. The van der Waals surface area contributed by atoms with E-state index in [1.165, 1.54) is 17.7 Å². The summed E-state index contributed by atoms with van der Waals surface area (Å²) < 4.78 is 1.48. The van der Waals surface area contributed by atoms with Crippen molar-refractivity contribution in [1.29, 1.82) is 0 Å². The number of anilines is 2. The van der Waals surface area contributed by atoms with Gasteiger partial charge in [0, 0.05) is 44.0 Å². The Morgan fingerprint density at radius 1 is 1.13 bits per heavy atom. The average molecular weight is 630 g/mol. The van der Waals surface area contributed by atoms with Gasteiger partial charge in [0.2, 0.25) is 5.91 Å². The lowest BCUT2D eigenvalue weighted by Gasteiger charge is -2.44. The summed E-state index contributed by atoms with van der Waals surface area (Å²) in [6.07, 6.45) is 1.87. The number of rotatable bonds is 6. The van der Waals surface area contributed by atoms with E-state index >= 15 is 0 Å². The van der Waals surface area contributed by atoms with Crippen molar-refractivity contribution in [2.45, 2.75) is 52.6 Å². The second-order valence-corrected chi connectivity index (χ2v) is 12.1. The van der Waals surface area contributed by atoms with Crippen LogP contribution < -0.4 is 15.5 Å². The average Bonchev–Trinajstić information content (AvgIpc) is 3.01. The minimum absolute atomic E-state index is 0.0189. The van der Waals surface area contributed by atoms with Crippen LogP contribution in [-0.2, 0) is 4.79 Å². The highest BCUT2D eigenvalue weighted by atomic mass is 35.5. The smallest absolute Gasteiger partial charge is 0.411 e. The number of piperazine rings is 1. The number of para-hydroxylation sites is 1. The molecule has 2 unspecified atom stereocenters. The van der Waals surface area contributed by atoms with Crippen molar-refractivity contribution in [3.63, 3.8) is 0 Å². The minimum Gasteiger partial charge on any atom is -0.465 e. The molecule has 4 heterocycles. The van der Waals surface area contributed by atoms with Crippen molar-refractivity contribution >= 4 is 46.1 Å². The van der Waals surface area contributed by atoms with Gasteiger partial charge in [0.15, 0.2) is 5.65 Å².